The maximum atomic E-state index is 7.00. The van der Waals surface area contributed by atoms with Crippen LogP contribution in [0.5, 0.6) is 0 Å². The van der Waals surface area contributed by atoms with Gasteiger partial charge in [-0.25, -0.2) is 0 Å². The summed E-state index contributed by atoms with van der Waals surface area (Å²) in [7, 11) is 0. The third-order valence-electron chi connectivity index (χ3n) is 14.5. The summed E-state index contributed by atoms with van der Waals surface area (Å²) in [4.78, 5) is 0. The summed E-state index contributed by atoms with van der Waals surface area (Å²) in [5, 5.41) is 9.87. The smallest absolute Gasteiger partial charge is 0.143 e. The Labute approximate surface area is 355 Å². The van der Waals surface area contributed by atoms with E-state index in [1.165, 1.54) is 121 Å². The van der Waals surface area contributed by atoms with Gasteiger partial charge >= 0.3 is 0 Å². The van der Waals surface area contributed by atoms with E-state index in [0.717, 1.165) is 11.2 Å². The molecule has 10 aromatic carbocycles. The molecule has 0 saturated heterocycles. The largest absolute Gasteiger partial charge is 0.455 e. The van der Waals surface area contributed by atoms with Gasteiger partial charge in [-0.1, -0.05) is 198 Å². The molecule has 13 rings (SSSR count). The molecule has 0 bridgehead atoms. The van der Waals surface area contributed by atoms with E-state index < -0.39 is 0 Å². The molecule has 288 valence electrons. The van der Waals surface area contributed by atoms with Gasteiger partial charge in [-0.2, -0.15) is 0 Å². The molecule has 0 atom stereocenters. The second kappa shape index (κ2) is 12.2. The molecule has 0 radical (unpaired) electrons. The Morgan fingerprint density at radius 1 is 0.311 bits per heavy atom. The van der Waals surface area contributed by atoms with E-state index in [0.29, 0.717) is 0 Å². The highest BCUT2D eigenvalue weighted by Crippen LogP contribution is 2.54. The van der Waals surface area contributed by atoms with Crippen LogP contribution in [0.3, 0.4) is 0 Å². The second-order valence-electron chi connectivity index (χ2n) is 18.3. The molecule has 0 fully saturated rings. The average molecular weight is 779 g/mol. The molecule has 0 saturated carbocycles. The van der Waals surface area contributed by atoms with Gasteiger partial charge in [0.25, 0.3) is 0 Å². The van der Waals surface area contributed by atoms with Gasteiger partial charge in [0, 0.05) is 27.2 Å². The molecule has 1 heterocycles. The summed E-state index contributed by atoms with van der Waals surface area (Å²) < 4.78 is 7.00. The van der Waals surface area contributed by atoms with E-state index in [9.17, 15) is 0 Å². The topological polar surface area (TPSA) is 13.1 Å². The first kappa shape index (κ1) is 34.6. The van der Waals surface area contributed by atoms with Crippen molar-refractivity contribution in [3.63, 3.8) is 0 Å². The number of hydrogen-bond acceptors (Lipinski definition) is 1. The third kappa shape index (κ3) is 4.61. The molecule has 1 nitrogen and oxygen atoms in total. The van der Waals surface area contributed by atoms with Gasteiger partial charge in [0.15, 0.2) is 0 Å². The van der Waals surface area contributed by atoms with E-state index in [4.69, 9.17) is 4.42 Å². The summed E-state index contributed by atoms with van der Waals surface area (Å²) >= 11 is 0. The first-order valence-corrected chi connectivity index (χ1v) is 21.6. The molecule has 1 heteroatoms. The standard InChI is InChI=1S/C60H42O/c1-59(2)49-23-13-11-16-39(49)48-33-37(29-31-51(48)59)55-43-20-9-7-18-41(43)54(42-19-8-10-21-44(42)55)36-27-25-35(26-28-36)47-34-53-56(40-17-6-5-15-38(40)47)46-30-32-52-57(58(46)61-53)45-22-12-14-24-50(45)60(52,3)4/h5-34H,1-4H3. The van der Waals surface area contributed by atoms with E-state index >= 15 is 0 Å². The van der Waals surface area contributed by atoms with Crippen molar-refractivity contribution >= 4 is 54.3 Å². The lowest BCUT2D eigenvalue weighted by Crippen LogP contribution is -2.14. The van der Waals surface area contributed by atoms with Crippen LogP contribution in [0.4, 0.5) is 0 Å². The first-order valence-electron chi connectivity index (χ1n) is 21.6. The van der Waals surface area contributed by atoms with Crippen molar-refractivity contribution in [3.8, 4) is 55.6 Å². The highest BCUT2D eigenvalue weighted by molar-refractivity contribution is 6.25. The zero-order valence-corrected chi connectivity index (χ0v) is 34.7. The quantitative estimate of drug-likeness (QED) is 0.163. The Bertz CT molecular complexity index is 3630. The fourth-order valence-electron chi connectivity index (χ4n) is 11.6. The van der Waals surface area contributed by atoms with Crippen molar-refractivity contribution < 1.29 is 4.42 Å². The van der Waals surface area contributed by atoms with Crippen molar-refractivity contribution in [2.24, 2.45) is 0 Å². The molecule has 2 aliphatic carbocycles. The highest BCUT2D eigenvalue weighted by atomic mass is 16.3. The van der Waals surface area contributed by atoms with Crippen molar-refractivity contribution in [2.75, 3.05) is 0 Å². The minimum atomic E-state index is -0.0863. The molecule has 0 N–H and O–H groups in total. The van der Waals surface area contributed by atoms with Crippen LogP contribution in [0, 0.1) is 0 Å². The maximum absolute atomic E-state index is 7.00. The Morgan fingerprint density at radius 3 is 1.46 bits per heavy atom. The minimum absolute atomic E-state index is 0.0287. The Hall–Kier alpha value is -7.22. The minimum Gasteiger partial charge on any atom is -0.455 e. The SMILES string of the molecule is CC1(C)c2ccccc2-c2cc(-c3c4ccccc4c(-c4ccc(-c5cc6oc7c8c(ccc7c6c6ccccc56)C(C)(C)c5ccccc5-8)cc4)c4ccccc34)ccc21. The van der Waals surface area contributed by atoms with Gasteiger partial charge in [0.05, 0.1) is 0 Å². The second-order valence-corrected chi connectivity index (χ2v) is 18.3. The Morgan fingerprint density at radius 2 is 0.787 bits per heavy atom. The number of hydrogen-bond donors (Lipinski definition) is 0. The van der Waals surface area contributed by atoms with Crippen molar-refractivity contribution in [3.05, 3.63) is 204 Å². The summed E-state index contributed by atoms with van der Waals surface area (Å²) in [5.41, 5.74) is 19.9. The van der Waals surface area contributed by atoms with Crippen LogP contribution >= 0.6 is 0 Å². The number of rotatable bonds is 3. The van der Waals surface area contributed by atoms with Crippen LogP contribution in [0.25, 0.3) is 110 Å². The van der Waals surface area contributed by atoms with E-state index in [-0.39, 0.29) is 10.8 Å². The maximum Gasteiger partial charge on any atom is 0.143 e. The van der Waals surface area contributed by atoms with Crippen molar-refractivity contribution in [2.45, 2.75) is 38.5 Å². The molecule has 1 aromatic heterocycles. The third-order valence-corrected chi connectivity index (χ3v) is 14.5. The van der Waals surface area contributed by atoms with Crippen LogP contribution < -0.4 is 0 Å². The normalized spacial score (nSPS) is 14.5. The molecule has 2 aliphatic rings. The molecule has 0 aliphatic heterocycles. The summed E-state index contributed by atoms with van der Waals surface area (Å²) in [5.74, 6) is 0. The summed E-state index contributed by atoms with van der Waals surface area (Å²) in [6.07, 6.45) is 0. The average Bonchev–Trinajstić information content (AvgIpc) is 3.87. The van der Waals surface area contributed by atoms with E-state index in [1.54, 1.807) is 0 Å². The number of benzene rings is 10. The zero-order valence-electron chi connectivity index (χ0n) is 34.7. The fourth-order valence-corrected chi connectivity index (χ4v) is 11.6. The summed E-state index contributed by atoms with van der Waals surface area (Å²) in [6.45, 7) is 9.37. The van der Waals surface area contributed by atoms with Gasteiger partial charge < -0.3 is 4.42 Å². The molecule has 11 aromatic rings. The Kier molecular flexibility index (Phi) is 6.91. The van der Waals surface area contributed by atoms with E-state index in [1.807, 2.05) is 0 Å². The van der Waals surface area contributed by atoms with Crippen LogP contribution in [0.15, 0.2) is 186 Å². The predicted octanol–water partition coefficient (Wildman–Crippen LogP) is 16.7. The van der Waals surface area contributed by atoms with Crippen LogP contribution in [-0.4, -0.2) is 0 Å². The monoisotopic (exact) mass is 778 g/mol. The van der Waals surface area contributed by atoms with Crippen molar-refractivity contribution in [1.29, 1.82) is 0 Å². The zero-order chi connectivity index (χ0) is 40.8. The Balaban J connectivity index is 0.977. The summed E-state index contributed by atoms with van der Waals surface area (Å²) in [6, 6.07) is 67.9. The van der Waals surface area contributed by atoms with Crippen LogP contribution in [0.2, 0.25) is 0 Å². The van der Waals surface area contributed by atoms with Gasteiger partial charge in [0.1, 0.15) is 11.2 Å². The van der Waals surface area contributed by atoms with Crippen molar-refractivity contribution in [1.82, 2.24) is 0 Å². The predicted molar refractivity (Wildman–Crippen MR) is 258 cm³/mol. The molecule has 0 amide bonds. The molecular weight excluding hydrogens is 737 g/mol. The number of fused-ring (bicyclic) bond motifs is 14. The molecular formula is C60H42O. The van der Waals surface area contributed by atoms with Gasteiger partial charge in [-0.05, 0) is 117 Å². The highest BCUT2D eigenvalue weighted by Gasteiger charge is 2.38. The molecule has 0 spiro atoms. The fraction of sp³-hybridized carbons (Fsp3) is 0.100. The van der Waals surface area contributed by atoms with Crippen LogP contribution in [0.1, 0.15) is 49.9 Å². The van der Waals surface area contributed by atoms with E-state index in [2.05, 4.69) is 210 Å². The molecule has 0 unspecified atom stereocenters. The molecule has 61 heavy (non-hydrogen) atoms. The van der Waals surface area contributed by atoms with Gasteiger partial charge in [0.2, 0.25) is 0 Å². The van der Waals surface area contributed by atoms with Gasteiger partial charge in [-0.15, -0.1) is 0 Å². The van der Waals surface area contributed by atoms with Gasteiger partial charge in [-0.3, -0.25) is 0 Å². The number of furan rings is 1. The first-order chi connectivity index (χ1) is 29.8. The lowest BCUT2D eigenvalue weighted by molar-refractivity contribution is 0.653. The lowest BCUT2D eigenvalue weighted by Gasteiger charge is -2.22. The van der Waals surface area contributed by atoms with Crippen LogP contribution in [-0.2, 0) is 10.8 Å². The lowest BCUT2D eigenvalue weighted by atomic mass is 9.81.